The highest BCUT2D eigenvalue weighted by Gasteiger charge is 2.24. The van der Waals surface area contributed by atoms with E-state index in [0.29, 0.717) is 13.1 Å². The van der Waals surface area contributed by atoms with Crippen molar-refractivity contribution >= 4 is 5.91 Å². The highest BCUT2D eigenvalue weighted by molar-refractivity contribution is 5.81. The number of carbonyl (C=O) groups is 1. The first-order chi connectivity index (χ1) is 6.68. The fraction of sp³-hybridized carbons (Fsp3) is 0.625. The van der Waals surface area contributed by atoms with Gasteiger partial charge in [0.05, 0.1) is 18.3 Å². The number of H-pyrrole nitrogens is 1. The van der Waals surface area contributed by atoms with Crippen molar-refractivity contribution in [1.82, 2.24) is 20.3 Å². The van der Waals surface area contributed by atoms with E-state index in [2.05, 4.69) is 15.4 Å². The number of nitrogens with one attached hydrogen (secondary N) is 1. The first kappa shape index (κ1) is 9.14. The van der Waals surface area contributed by atoms with E-state index in [9.17, 15) is 4.79 Å². The van der Waals surface area contributed by atoms with E-state index in [1.54, 1.807) is 11.8 Å². The third kappa shape index (κ3) is 1.48. The lowest BCUT2D eigenvalue weighted by molar-refractivity contribution is -0.133. The van der Waals surface area contributed by atoms with Crippen LogP contribution in [-0.4, -0.2) is 38.8 Å². The number of nitrogens with two attached hydrogens (primary N) is 1. The molecule has 2 rings (SSSR count). The molecule has 76 valence electrons. The Morgan fingerprint density at radius 2 is 2.29 bits per heavy atom. The molecular formula is C8H13N5O. The lowest BCUT2D eigenvalue weighted by atomic mass is 10.1. The van der Waals surface area contributed by atoms with E-state index in [1.807, 2.05) is 0 Å². The van der Waals surface area contributed by atoms with Gasteiger partial charge < -0.3 is 10.6 Å². The lowest BCUT2D eigenvalue weighted by Crippen LogP contribution is -2.44. The molecule has 0 spiro atoms. The fourth-order valence-corrected chi connectivity index (χ4v) is 1.58. The topological polar surface area (TPSA) is 87.9 Å². The molecule has 1 atom stereocenters. The third-order valence-corrected chi connectivity index (χ3v) is 2.36. The van der Waals surface area contributed by atoms with Gasteiger partial charge in [0.25, 0.3) is 0 Å². The Morgan fingerprint density at radius 3 is 3.00 bits per heavy atom. The molecule has 3 N–H and O–H groups in total. The van der Waals surface area contributed by atoms with Crippen molar-refractivity contribution in [3.63, 3.8) is 0 Å². The van der Waals surface area contributed by atoms with E-state index in [1.165, 1.54) is 0 Å². The fourth-order valence-electron chi connectivity index (χ4n) is 1.58. The van der Waals surface area contributed by atoms with Crippen LogP contribution in [0.25, 0.3) is 0 Å². The Kier molecular flexibility index (Phi) is 2.20. The number of fused-ring (bicyclic) bond motifs is 1. The van der Waals surface area contributed by atoms with Crippen LogP contribution in [0.2, 0.25) is 0 Å². The van der Waals surface area contributed by atoms with Gasteiger partial charge in [0, 0.05) is 13.0 Å². The number of nitrogens with zero attached hydrogens (tertiary/aromatic N) is 3. The van der Waals surface area contributed by atoms with Crippen molar-refractivity contribution in [2.24, 2.45) is 5.73 Å². The molecule has 0 radical (unpaired) electrons. The average molecular weight is 195 g/mol. The van der Waals surface area contributed by atoms with Crippen molar-refractivity contribution in [3.05, 3.63) is 11.4 Å². The maximum absolute atomic E-state index is 11.6. The van der Waals surface area contributed by atoms with Crippen LogP contribution in [0.15, 0.2) is 0 Å². The number of aromatic amines is 1. The monoisotopic (exact) mass is 195 g/mol. The van der Waals surface area contributed by atoms with E-state index < -0.39 is 6.04 Å². The summed E-state index contributed by atoms with van der Waals surface area (Å²) in [6, 6.07) is -0.441. The third-order valence-electron chi connectivity index (χ3n) is 2.36. The first-order valence-electron chi connectivity index (χ1n) is 4.61. The van der Waals surface area contributed by atoms with Crippen LogP contribution in [0.3, 0.4) is 0 Å². The second-order valence-electron chi connectivity index (χ2n) is 3.52. The van der Waals surface area contributed by atoms with Gasteiger partial charge in [-0.05, 0) is 6.92 Å². The standard InChI is InChI=1S/C8H13N5O/c1-5(9)8(14)13-3-2-6-7(4-13)11-12-10-6/h5H,2-4,9H2,1H3,(H,10,11,12). The van der Waals surface area contributed by atoms with Gasteiger partial charge in [-0.3, -0.25) is 4.79 Å². The molecule has 0 saturated heterocycles. The Morgan fingerprint density at radius 1 is 1.57 bits per heavy atom. The molecule has 0 aromatic carbocycles. The van der Waals surface area contributed by atoms with Gasteiger partial charge in [-0.25, -0.2) is 0 Å². The van der Waals surface area contributed by atoms with Crippen LogP contribution in [0, 0.1) is 0 Å². The summed E-state index contributed by atoms with van der Waals surface area (Å²) in [5.41, 5.74) is 7.34. The molecule has 6 nitrogen and oxygen atoms in total. The number of carbonyl (C=O) groups excluding carboxylic acids is 1. The summed E-state index contributed by atoms with van der Waals surface area (Å²) in [6.45, 7) is 2.90. The van der Waals surface area contributed by atoms with E-state index in [4.69, 9.17) is 5.73 Å². The number of aromatic nitrogens is 3. The van der Waals surface area contributed by atoms with E-state index in [-0.39, 0.29) is 5.91 Å². The van der Waals surface area contributed by atoms with Gasteiger partial charge in [0.1, 0.15) is 5.69 Å². The average Bonchev–Trinajstić information content (AvgIpc) is 2.62. The summed E-state index contributed by atoms with van der Waals surface area (Å²) in [5.74, 6) is -0.0290. The minimum atomic E-state index is -0.441. The molecule has 1 aromatic rings. The molecular weight excluding hydrogens is 182 g/mol. The molecule has 0 saturated carbocycles. The predicted octanol–water partition coefficient (Wildman–Crippen LogP) is -0.963. The number of rotatable bonds is 1. The van der Waals surface area contributed by atoms with Gasteiger partial charge in [0.15, 0.2) is 0 Å². The van der Waals surface area contributed by atoms with Gasteiger partial charge in [0.2, 0.25) is 5.91 Å². The van der Waals surface area contributed by atoms with Crippen molar-refractivity contribution in [1.29, 1.82) is 0 Å². The molecule has 0 aliphatic carbocycles. The lowest BCUT2D eigenvalue weighted by Gasteiger charge is -2.26. The van der Waals surface area contributed by atoms with E-state index >= 15 is 0 Å². The van der Waals surface area contributed by atoms with Crippen LogP contribution in [0.4, 0.5) is 0 Å². The quantitative estimate of drug-likeness (QED) is 0.604. The molecule has 0 fully saturated rings. The van der Waals surface area contributed by atoms with Gasteiger partial charge in [-0.15, -0.1) is 0 Å². The summed E-state index contributed by atoms with van der Waals surface area (Å²) in [4.78, 5) is 13.3. The number of amides is 1. The SMILES string of the molecule is CC(N)C(=O)N1CCc2n[nH]nc2C1. The molecule has 1 aliphatic rings. The second-order valence-corrected chi connectivity index (χ2v) is 3.52. The van der Waals surface area contributed by atoms with Crippen molar-refractivity contribution in [2.75, 3.05) is 6.54 Å². The summed E-state index contributed by atoms with van der Waals surface area (Å²) >= 11 is 0. The van der Waals surface area contributed by atoms with Crippen molar-refractivity contribution < 1.29 is 4.79 Å². The summed E-state index contributed by atoms with van der Waals surface area (Å²) in [5, 5.41) is 10.5. The zero-order chi connectivity index (χ0) is 10.1. The second kappa shape index (κ2) is 3.38. The highest BCUT2D eigenvalue weighted by Crippen LogP contribution is 2.14. The predicted molar refractivity (Wildman–Crippen MR) is 49.2 cm³/mol. The molecule has 14 heavy (non-hydrogen) atoms. The molecule has 0 bridgehead atoms. The Balaban J connectivity index is 2.11. The minimum absolute atomic E-state index is 0.0290. The van der Waals surface area contributed by atoms with Gasteiger partial charge >= 0.3 is 0 Å². The Hall–Kier alpha value is -1.43. The molecule has 1 unspecified atom stereocenters. The largest absolute Gasteiger partial charge is 0.335 e. The first-order valence-corrected chi connectivity index (χ1v) is 4.61. The number of hydrogen-bond donors (Lipinski definition) is 2. The van der Waals surface area contributed by atoms with Crippen LogP contribution < -0.4 is 5.73 Å². The highest BCUT2D eigenvalue weighted by atomic mass is 16.2. The van der Waals surface area contributed by atoms with Crippen LogP contribution in [0.1, 0.15) is 18.3 Å². The molecule has 2 heterocycles. The zero-order valence-electron chi connectivity index (χ0n) is 8.03. The molecule has 1 aromatic heterocycles. The number of hydrogen-bond acceptors (Lipinski definition) is 4. The maximum atomic E-state index is 11.6. The summed E-state index contributed by atoms with van der Waals surface area (Å²) < 4.78 is 0. The smallest absolute Gasteiger partial charge is 0.239 e. The Bertz CT molecular complexity index is 345. The summed E-state index contributed by atoms with van der Waals surface area (Å²) in [7, 11) is 0. The van der Waals surface area contributed by atoms with E-state index in [0.717, 1.165) is 17.8 Å². The van der Waals surface area contributed by atoms with Crippen LogP contribution >= 0.6 is 0 Å². The zero-order valence-corrected chi connectivity index (χ0v) is 8.03. The molecule has 1 aliphatic heterocycles. The Labute approximate surface area is 81.5 Å². The molecule has 1 amide bonds. The van der Waals surface area contributed by atoms with Crippen molar-refractivity contribution in [2.45, 2.75) is 25.9 Å². The van der Waals surface area contributed by atoms with Crippen LogP contribution in [-0.2, 0) is 17.8 Å². The van der Waals surface area contributed by atoms with Gasteiger partial charge in [-0.2, -0.15) is 15.4 Å². The molecule has 6 heteroatoms. The van der Waals surface area contributed by atoms with Crippen molar-refractivity contribution in [3.8, 4) is 0 Å². The minimum Gasteiger partial charge on any atom is -0.335 e. The maximum Gasteiger partial charge on any atom is 0.239 e. The van der Waals surface area contributed by atoms with Crippen LogP contribution in [0.5, 0.6) is 0 Å². The normalized spacial score (nSPS) is 17.7. The van der Waals surface area contributed by atoms with Gasteiger partial charge in [-0.1, -0.05) is 0 Å². The summed E-state index contributed by atoms with van der Waals surface area (Å²) in [6.07, 6.45) is 0.754.